The van der Waals surface area contributed by atoms with Crippen LogP contribution in [0.5, 0.6) is 0 Å². The first-order valence-corrected chi connectivity index (χ1v) is 6.09. The van der Waals surface area contributed by atoms with Gasteiger partial charge in [0.25, 0.3) is 0 Å². The minimum absolute atomic E-state index is 0.186. The largest absolute Gasteiger partial charge is 0.476 e. The Bertz CT molecular complexity index is 844. The van der Waals surface area contributed by atoms with Gasteiger partial charge in [-0.25, -0.2) is 9.48 Å². The summed E-state index contributed by atoms with van der Waals surface area (Å²) in [5.41, 5.74) is 0.383. The number of rotatable bonds is 3. The molecule has 0 fully saturated rings. The number of aromatic nitrogens is 2. The van der Waals surface area contributed by atoms with Crippen LogP contribution in [0, 0.1) is 28.1 Å². The molecular formula is C14H11N5O2. The number of carbonyl (C=O) groups is 1. The summed E-state index contributed by atoms with van der Waals surface area (Å²) in [5, 5.41) is 35.2. The fourth-order valence-corrected chi connectivity index (χ4v) is 2.14. The van der Waals surface area contributed by atoms with E-state index >= 15 is 0 Å². The minimum Gasteiger partial charge on any atom is -0.476 e. The SMILES string of the molecule is CCn1c(C(=O)O)c(C#N)c(=N)n1-c1ccc(C#N)cc1. The van der Waals surface area contributed by atoms with Crippen molar-refractivity contribution in [3.05, 3.63) is 46.6 Å². The summed E-state index contributed by atoms with van der Waals surface area (Å²) in [6, 6.07) is 10.1. The van der Waals surface area contributed by atoms with E-state index in [1.807, 2.05) is 6.07 Å². The van der Waals surface area contributed by atoms with Gasteiger partial charge in [-0.15, -0.1) is 0 Å². The molecular weight excluding hydrogens is 270 g/mol. The summed E-state index contributed by atoms with van der Waals surface area (Å²) in [6.45, 7) is 2.02. The van der Waals surface area contributed by atoms with E-state index in [0.29, 0.717) is 11.3 Å². The molecule has 1 aromatic heterocycles. The van der Waals surface area contributed by atoms with Gasteiger partial charge >= 0.3 is 5.97 Å². The maximum atomic E-state index is 11.3. The van der Waals surface area contributed by atoms with Crippen molar-refractivity contribution < 1.29 is 9.90 Å². The number of hydrogen-bond acceptors (Lipinski definition) is 4. The molecule has 0 spiro atoms. The van der Waals surface area contributed by atoms with Crippen molar-refractivity contribution >= 4 is 5.97 Å². The van der Waals surface area contributed by atoms with Crippen molar-refractivity contribution in [2.24, 2.45) is 0 Å². The molecule has 2 rings (SSSR count). The van der Waals surface area contributed by atoms with E-state index in [-0.39, 0.29) is 23.3 Å². The number of benzene rings is 1. The van der Waals surface area contributed by atoms with Crippen molar-refractivity contribution in [2.45, 2.75) is 13.5 Å². The average molecular weight is 281 g/mol. The molecule has 0 bridgehead atoms. The third-order valence-corrected chi connectivity index (χ3v) is 3.04. The van der Waals surface area contributed by atoms with Gasteiger partial charge in [0, 0.05) is 6.54 Å². The van der Waals surface area contributed by atoms with Crippen molar-refractivity contribution in [2.75, 3.05) is 0 Å². The molecule has 0 atom stereocenters. The first-order valence-electron chi connectivity index (χ1n) is 6.09. The van der Waals surface area contributed by atoms with Crippen LogP contribution >= 0.6 is 0 Å². The molecule has 2 aromatic rings. The molecule has 21 heavy (non-hydrogen) atoms. The predicted octanol–water partition coefficient (Wildman–Crippen LogP) is 1.22. The lowest BCUT2D eigenvalue weighted by molar-refractivity contribution is 0.0682. The van der Waals surface area contributed by atoms with Gasteiger partial charge in [0.05, 0.1) is 17.3 Å². The summed E-state index contributed by atoms with van der Waals surface area (Å²) in [5.74, 6) is -1.26. The third-order valence-electron chi connectivity index (χ3n) is 3.04. The van der Waals surface area contributed by atoms with Crippen LogP contribution in [-0.4, -0.2) is 20.4 Å². The van der Waals surface area contributed by atoms with Crippen LogP contribution in [0.25, 0.3) is 5.69 Å². The fourth-order valence-electron chi connectivity index (χ4n) is 2.14. The number of aromatic carboxylic acids is 1. The smallest absolute Gasteiger partial charge is 0.355 e. The van der Waals surface area contributed by atoms with Gasteiger partial charge < -0.3 is 5.11 Å². The van der Waals surface area contributed by atoms with Crippen molar-refractivity contribution in [1.82, 2.24) is 9.36 Å². The van der Waals surface area contributed by atoms with E-state index in [1.165, 1.54) is 9.36 Å². The third kappa shape index (κ3) is 2.17. The highest BCUT2D eigenvalue weighted by Crippen LogP contribution is 2.13. The van der Waals surface area contributed by atoms with E-state index in [1.54, 1.807) is 37.3 Å². The Morgan fingerprint density at radius 2 is 1.90 bits per heavy atom. The molecule has 0 amide bonds. The summed E-state index contributed by atoms with van der Waals surface area (Å²) in [7, 11) is 0. The number of nitrogens with zero attached hydrogens (tertiary/aromatic N) is 4. The van der Waals surface area contributed by atoms with Gasteiger partial charge in [-0.3, -0.25) is 10.1 Å². The second-order valence-corrected chi connectivity index (χ2v) is 4.18. The van der Waals surface area contributed by atoms with Gasteiger partial charge in [0.2, 0.25) is 0 Å². The van der Waals surface area contributed by atoms with Gasteiger partial charge in [0.15, 0.2) is 11.2 Å². The Morgan fingerprint density at radius 1 is 1.29 bits per heavy atom. The molecule has 0 unspecified atom stereocenters. The van der Waals surface area contributed by atoms with Gasteiger partial charge in [-0.1, -0.05) is 0 Å². The highest BCUT2D eigenvalue weighted by Gasteiger charge is 2.23. The fraction of sp³-hybridized carbons (Fsp3) is 0.143. The summed E-state index contributed by atoms with van der Waals surface area (Å²) < 4.78 is 2.70. The molecule has 7 heteroatoms. The van der Waals surface area contributed by atoms with Crippen LogP contribution in [0.15, 0.2) is 24.3 Å². The molecule has 1 heterocycles. The van der Waals surface area contributed by atoms with E-state index in [9.17, 15) is 9.90 Å². The Labute approximate surface area is 120 Å². The zero-order valence-corrected chi connectivity index (χ0v) is 11.2. The van der Waals surface area contributed by atoms with Crippen LogP contribution in [0.4, 0.5) is 0 Å². The molecule has 7 nitrogen and oxygen atoms in total. The zero-order valence-electron chi connectivity index (χ0n) is 11.2. The minimum atomic E-state index is -1.26. The van der Waals surface area contributed by atoms with E-state index in [4.69, 9.17) is 15.9 Å². The van der Waals surface area contributed by atoms with Crippen molar-refractivity contribution in [3.63, 3.8) is 0 Å². The van der Waals surface area contributed by atoms with Gasteiger partial charge in [-0.2, -0.15) is 10.5 Å². The predicted molar refractivity (Wildman–Crippen MR) is 71.7 cm³/mol. The Hall–Kier alpha value is -3.32. The Morgan fingerprint density at radius 3 is 2.33 bits per heavy atom. The topological polar surface area (TPSA) is 119 Å². The quantitative estimate of drug-likeness (QED) is 0.878. The standard InChI is InChI=1S/C14H11N5O2/c1-2-18-12(14(20)21)11(8-16)13(17)19(18)10-5-3-9(7-15)4-6-10/h3-6,17H,2H2,1H3,(H,20,21). The van der Waals surface area contributed by atoms with Crippen molar-refractivity contribution in [1.29, 1.82) is 15.9 Å². The highest BCUT2D eigenvalue weighted by molar-refractivity contribution is 5.88. The molecule has 104 valence electrons. The number of nitriles is 2. The summed E-state index contributed by atoms with van der Waals surface area (Å²) in [6.07, 6.45) is 0. The molecule has 0 aliphatic carbocycles. The lowest BCUT2D eigenvalue weighted by atomic mass is 10.2. The first kappa shape index (κ1) is 14.1. The lowest BCUT2D eigenvalue weighted by Crippen LogP contribution is -2.22. The Kier molecular flexibility index (Phi) is 3.59. The van der Waals surface area contributed by atoms with Gasteiger partial charge in [-0.05, 0) is 31.2 Å². The van der Waals surface area contributed by atoms with E-state index < -0.39 is 5.97 Å². The van der Waals surface area contributed by atoms with Crippen molar-refractivity contribution in [3.8, 4) is 17.8 Å². The average Bonchev–Trinajstić information content (AvgIpc) is 2.79. The van der Waals surface area contributed by atoms with Crippen LogP contribution < -0.4 is 5.49 Å². The van der Waals surface area contributed by atoms with Crippen LogP contribution in [0.3, 0.4) is 0 Å². The number of hydrogen-bond donors (Lipinski definition) is 2. The second kappa shape index (κ2) is 5.35. The molecule has 0 saturated heterocycles. The van der Waals surface area contributed by atoms with Crippen LogP contribution in [0.2, 0.25) is 0 Å². The molecule has 0 radical (unpaired) electrons. The number of carboxylic acid groups (broad SMARTS) is 1. The molecule has 0 aliphatic rings. The van der Waals surface area contributed by atoms with Gasteiger partial charge in [0.1, 0.15) is 11.6 Å². The molecule has 0 saturated carbocycles. The number of nitrogens with one attached hydrogen (secondary N) is 1. The zero-order chi connectivity index (χ0) is 15.6. The molecule has 2 N–H and O–H groups in total. The Balaban J connectivity index is 2.80. The highest BCUT2D eigenvalue weighted by atomic mass is 16.4. The normalized spacial score (nSPS) is 9.86. The summed E-state index contributed by atoms with van der Waals surface area (Å²) >= 11 is 0. The molecule has 1 aromatic carbocycles. The van der Waals surface area contributed by atoms with Crippen LogP contribution in [0.1, 0.15) is 28.5 Å². The molecule has 0 aliphatic heterocycles. The first-order chi connectivity index (χ1) is 10.0. The second-order valence-electron chi connectivity index (χ2n) is 4.18. The lowest BCUT2D eigenvalue weighted by Gasteiger charge is -2.11. The van der Waals surface area contributed by atoms with Crippen LogP contribution in [-0.2, 0) is 6.54 Å². The number of carboxylic acids is 1. The summed E-state index contributed by atoms with van der Waals surface area (Å²) in [4.78, 5) is 11.3. The monoisotopic (exact) mass is 281 g/mol. The maximum absolute atomic E-state index is 11.3. The van der Waals surface area contributed by atoms with E-state index in [2.05, 4.69) is 0 Å². The maximum Gasteiger partial charge on any atom is 0.355 e. The van der Waals surface area contributed by atoms with E-state index in [0.717, 1.165) is 0 Å².